The Morgan fingerprint density at radius 3 is 2.04 bits per heavy atom. The van der Waals surface area contributed by atoms with Crippen LogP contribution in [0, 0.1) is 0 Å². The van der Waals surface area contributed by atoms with Gasteiger partial charge in [-0.2, -0.15) is 0 Å². The van der Waals surface area contributed by atoms with Crippen LogP contribution in [0.5, 0.6) is 5.75 Å². The molecule has 2 unspecified atom stereocenters. The number of alkyl carbamates (subject to hydrolysis) is 1. The molecule has 2 aromatic carbocycles. The van der Waals surface area contributed by atoms with Crippen LogP contribution in [0.1, 0.15) is 64.3 Å². The molecule has 1 amide bonds. The highest BCUT2D eigenvalue weighted by Crippen LogP contribution is 2.39. The Labute approximate surface area is 267 Å². The quantitative estimate of drug-likeness (QED) is 0.206. The summed E-state index contributed by atoms with van der Waals surface area (Å²) in [5, 5.41) is 3.13. The molecule has 0 aliphatic carbocycles. The summed E-state index contributed by atoms with van der Waals surface area (Å²) in [5.41, 5.74) is 1.66. The van der Waals surface area contributed by atoms with Crippen LogP contribution in [0.25, 0.3) is 0 Å². The SMILES string of the molecule is CO[C@H]1O[C@@H](c2ccc(Cl)c(Cc3ccc(OCCNC(=O)OC(C)(C)C)cc3)c2)[C@H](OC(C)=O)C(OC(C)=O)C1OC(C)=O. The molecule has 2 aromatic rings. The zero-order valence-corrected chi connectivity index (χ0v) is 27.2. The number of halogens is 1. The molecule has 0 aromatic heterocycles. The van der Waals surface area contributed by atoms with Crippen molar-refractivity contribution in [2.24, 2.45) is 0 Å². The number of nitrogens with one attached hydrogen (secondary N) is 1. The van der Waals surface area contributed by atoms with E-state index in [9.17, 15) is 19.2 Å². The van der Waals surface area contributed by atoms with E-state index in [0.717, 1.165) is 11.1 Å². The average Bonchev–Trinajstić information content (AvgIpc) is 2.93. The molecule has 45 heavy (non-hydrogen) atoms. The second-order valence-electron chi connectivity index (χ2n) is 11.3. The maximum atomic E-state index is 12.1. The highest BCUT2D eigenvalue weighted by atomic mass is 35.5. The van der Waals surface area contributed by atoms with Gasteiger partial charge in [0, 0.05) is 32.9 Å². The minimum atomic E-state index is -1.22. The number of rotatable bonds is 11. The van der Waals surface area contributed by atoms with E-state index in [1.807, 2.05) is 24.3 Å². The fraction of sp³-hybridized carbons (Fsp3) is 0.500. The second-order valence-corrected chi connectivity index (χ2v) is 11.7. The van der Waals surface area contributed by atoms with Gasteiger partial charge in [0.2, 0.25) is 0 Å². The molecule has 1 saturated heterocycles. The largest absolute Gasteiger partial charge is 0.492 e. The first kappa shape index (κ1) is 35.6. The predicted octanol–water partition coefficient (Wildman–Crippen LogP) is 4.67. The minimum absolute atomic E-state index is 0.256. The van der Waals surface area contributed by atoms with Gasteiger partial charge in [0.25, 0.3) is 0 Å². The lowest BCUT2D eigenvalue weighted by Gasteiger charge is -2.44. The summed E-state index contributed by atoms with van der Waals surface area (Å²) in [5.74, 6) is -1.37. The van der Waals surface area contributed by atoms with Crippen molar-refractivity contribution in [3.63, 3.8) is 0 Å². The van der Waals surface area contributed by atoms with E-state index in [1.54, 1.807) is 39.0 Å². The maximum Gasteiger partial charge on any atom is 0.407 e. The first-order valence-electron chi connectivity index (χ1n) is 14.3. The van der Waals surface area contributed by atoms with Crippen molar-refractivity contribution in [2.45, 2.75) is 84.3 Å². The fourth-order valence-electron chi connectivity index (χ4n) is 4.70. The van der Waals surface area contributed by atoms with Crippen LogP contribution in [0.15, 0.2) is 42.5 Å². The van der Waals surface area contributed by atoms with Crippen LogP contribution in [0.3, 0.4) is 0 Å². The molecule has 1 fully saturated rings. The molecular weight excluding hydrogens is 610 g/mol. The molecule has 0 saturated carbocycles. The number of benzene rings is 2. The summed E-state index contributed by atoms with van der Waals surface area (Å²) in [6, 6.07) is 12.6. The van der Waals surface area contributed by atoms with Gasteiger partial charge in [0.15, 0.2) is 24.6 Å². The lowest BCUT2D eigenvalue weighted by Crippen LogP contribution is -2.58. The molecule has 12 nitrogen and oxygen atoms in total. The van der Waals surface area contributed by atoms with Gasteiger partial charge < -0.3 is 38.5 Å². The monoisotopic (exact) mass is 649 g/mol. The lowest BCUT2D eigenvalue weighted by atomic mass is 9.91. The number of amides is 1. The molecule has 1 N–H and O–H groups in total. The van der Waals surface area contributed by atoms with E-state index in [2.05, 4.69) is 5.32 Å². The number of ether oxygens (including phenoxy) is 7. The van der Waals surface area contributed by atoms with Gasteiger partial charge >= 0.3 is 24.0 Å². The minimum Gasteiger partial charge on any atom is -0.492 e. The van der Waals surface area contributed by atoms with Gasteiger partial charge in [-0.3, -0.25) is 14.4 Å². The lowest BCUT2D eigenvalue weighted by molar-refractivity contribution is -0.300. The van der Waals surface area contributed by atoms with Gasteiger partial charge in [-0.15, -0.1) is 0 Å². The fourth-order valence-corrected chi connectivity index (χ4v) is 4.88. The molecule has 0 bridgehead atoms. The van der Waals surface area contributed by atoms with Crippen molar-refractivity contribution >= 4 is 35.6 Å². The Balaban J connectivity index is 1.77. The number of carbonyl (C=O) groups is 4. The summed E-state index contributed by atoms with van der Waals surface area (Å²) < 4.78 is 39.0. The summed E-state index contributed by atoms with van der Waals surface area (Å²) >= 11 is 6.57. The van der Waals surface area contributed by atoms with E-state index in [4.69, 9.17) is 44.8 Å². The number of hydrogen-bond acceptors (Lipinski definition) is 11. The number of methoxy groups -OCH3 is 1. The normalized spacial score (nSPS) is 21.3. The number of carbonyl (C=O) groups excluding carboxylic acids is 4. The maximum absolute atomic E-state index is 12.1. The molecule has 1 aliphatic heterocycles. The molecule has 0 radical (unpaired) electrons. The van der Waals surface area contributed by atoms with E-state index in [1.165, 1.54) is 27.9 Å². The van der Waals surface area contributed by atoms with Crippen molar-refractivity contribution in [3.8, 4) is 5.75 Å². The Morgan fingerprint density at radius 2 is 1.47 bits per heavy atom. The zero-order valence-electron chi connectivity index (χ0n) is 26.4. The summed E-state index contributed by atoms with van der Waals surface area (Å²) in [6.45, 7) is 9.50. The van der Waals surface area contributed by atoms with Crippen molar-refractivity contribution in [1.29, 1.82) is 0 Å². The van der Waals surface area contributed by atoms with Gasteiger partial charge in [-0.05, 0) is 62.1 Å². The van der Waals surface area contributed by atoms with Gasteiger partial charge in [-0.25, -0.2) is 4.79 Å². The van der Waals surface area contributed by atoms with Crippen molar-refractivity contribution in [3.05, 3.63) is 64.2 Å². The van der Waals surface area contributed by atoms with Crippen molar-refractivity contribution in [1.82, 2.24) is 5.32 Å². The third-order valence-electron chi connectivity index (χ3n) is 6.39. The first-order valence-corrected chi connectivity index (χ1v) is 14.7. The van der Waals surface area contributed by atoms with Crippen molar-refractivity contribution in [2.75, 3.05) is 20.3 Å². The highest BCUT2D eigenvalue weighted by Gasteiger charge is 2.52. The smallest absolute Gasteiger partial charge is 0.407 e. The Hall–Kier alpha value is -3.87. The summed E-state index contributed by atoms with van der Waals surface area (Å²) in [6.07, 6.45) is -5.76. The van der Waals surface area contributed by atoms with Crippen LogP contribution < -0.4 is 10.1 Å². The predicted molar refractivity (Wildman–Crippen MR) is 162 cm³/mol. The van der Waals surface area contributed by atoms with E-state index >= 15 is 0 Å². The van der Waals surface area contributed by atoms with Crippen molar-refractivity contribution < 1.29 is 52.3 Å². The molecule has 5 atom stereocenters. The van der Waals surface area contributed by atoms with Crippen LogP contribution in [0.4, 0.5) is 4.79 Å². The standard InChI is InChI=1S/C32H40ClNO11/c1-18(35)41-27-26(44-30(39-7)29(43-20(3)37)28(27)42-19(2)36)22-10-13-25(33)23(17-22)16-21-8-11-24(12-9-21)40-15-14-34-31(38)45-32(4,5)6/h8-13,17,26-30H,14-16H2,1-7H3,(H,34,38)/t26-,27-,28?,29?,30-/m0/s1. The summed E-state index contributed by atoms with van der Waals surface area (Å²) in [7, 11) is 1.35. The van der Waals surface area contributed by atoms with E-state index < -0.39 is 60.3 Å². The molecule has 1 heterocycles. The van der Waals surface area contributed by atoms with Crippen LogP contribution in [-0.2, 0) is 49.2 Å². The van der Waals surface area contributed by atoms with Gasteiger partial charge in [-0.1, -0.05) is 35.9 Å². The molecular formula is C32H40ClNO11. The Morgan fingerprint density at radius 1 is 0.867 bits per heavy atom. The van der Waals surface area contributed by atoms with Crippen LogP contribution in [0.2, 0.25) is 5.02 Å². The average molecular weight is 650 g/mol. The summed E-state index contributed by atoms with van der Waals surface area (Å²) in [4.78, 5) is 47.8. The third-order valence-corrected chi connectivity index (χ3v) is 6.76. The van der Waals surface area contributed by atoms with Crippen LogP contribution in [-0.4, -0.2) is 74.5 Å². The molecule has 3 rings (SSSR count). The second kappa shape index (κ2) is 15.9. The van der Waals surface area contributed by atoms with Crippen LogP contribution >= 0.6 is 11.6 Å². The molecule has 1 aliphatic rings. The van der Waals surface area contributed by atoms with Gasteiger partial charge in [0.05, 0.1) is 6.54 Å². The molecule has 13 heteroatoms. The third kappa shape index (κ3) is 10.9. The first-order chi connectivity index (χ1) is 21.2. The topological polar surface area (TPSA) is 145 Å². The Kier molecular flexibility index (Phi) is 12.6. The molecule has 0 spiro atoms. The van der Waals surface area contributed by atoms with Gasteiger partial charge in [0.1, 0.15) is 24.1 Å². The highest BCUT2D eigenvalue weighted by molar-refractivity contribution is 6.31. The van der Waals surface area contributed by atoms with E-state index in [-0.39, 0.29) is 13.2 Å². The van der Waals surface area contributed by atoms with E-state index in [0.29, 0.717) is 22.8 Å². The number of hydrogen-bond donors (Lipinski definition) is 1. The molecule has 246 valence electrons. The Bertz CT molecular complexity index is 1340. The zero-order chi connectivity index (χ0) is 33.3. The number of esters is 3.